The number of allylic oxidation sites excluding steroid dienone is 4. The molecule has 0 fully saturated rings. The van der Waals surface area contributed by atoms with Crippen molar-refractivity contribution in [1.82, 2.24) is 0 Å². The van der Waals surface area contributed by atoms with Crippen molar-refractivity contribution in [3.63, 3.8) is 0 Å². The van der Waals surface area contributed by atoms with Gasteiger partial charge in [0.05, 0.1) is 0 Å². The van der Waals surface area contributed by atoms with Crippen molar-refractivity contribution in [2.24, 2.45) is 0 Å². The van der Waals surface area contributed by atoms with Crippen LogP contribution in [0.4, 0.5) is 5.69 Å². The van der Waals surface area contributed by atoms with Crippen LogP contribution >= 0.6 is 0 Å². The molecule has 0 atom stereocenters. The van der Waals surface area contributed by atoms with E-state index in [4.69, 9.17) is 5.73 Å². The summed E-state index contributed by atoms with van der Waals surface area (Å²) < 4.78 is 0. The van der Waals surface area contributed by atoms with Gasteiger partial charge in [-0.2, -0.15) is 0 Å². The summed E-state index contributed by atoms with van der Waals surface area (Å²) >= 11 is 0. The molecule has 1 heteroatoms. The molecule has 1 nitrogen and oxygen atoms in total. The van der Waals surface area contributed by atoms with Crippen LogP contribution in [0.1, 0.15) is 37.8 Å². The van der Waals surface area contributed by atoms with Gasteiger partial charge in [0.2, 0.25) is 0 Å². The van der Waals surface area contributed by atoms with E-state index in [1.165, 1.54) is 29.5 Å². The van der Waals surface area contributed by atoms with Crippen LogP contribution in [0.25, 0.3) is 5.57 Å². The summed E-state index contributed by atoms with van der Waals surface area (Å²) in [6.45, 7) is 4.65. The average molecular weight is 211 g/mol. The Morgan fingerprint density at radius 2 is 2.06 bits per heavy atom. The third-order valence-corrected chi connectivity index (χ3v) is 3.93. The van der Waals surface area contributed by atoms with Gasteiger partial charge in [-0.15, -0.1) is 0 Å². The predicted octanol–water partition coefficient (Wildman–Crippen LogP) is 3.66. The van der Waals surface area contributed by atoms with Crippen LogP contribution in [-0.4, -0.2) is 0 Å². The van der Waals surface area contributed by atoms with Gasteiger partial charge in [0.15, 0.2) is 0 Å². The summed E-state index contributed by atoms with van der Waals surface area (Å²) in [7, 11) is 0. The van der Waals surface area contributed by atoms with Crippen molar-refractivity contribution in [3.05, 3.63) is 47.1 Å². The van der Waals surface area contributed by atoms with Crippen LogP contribution < -0.4 is 5.73 Å². The Labute approximate surface area is 96.7 Å². The fourth-order valence-electron chi connectivity index (χ4n) is 3.06. The maximum atomic E-state index is 5.89. The number of nitrogen functional groups attached to an aromatic ring is 1. The van der Waals surface area contributed by atoms with Crippen molar-refractivity contribution in [1.29, 1.82) is 0 Å². The van der Waals surface area contributed by atoms with E-state index in [-0.39, 0.29) is 5.41 Å². The second-order valence-electron chi connectivity index (χ2n) is 5.26. The molecule has 0 bridgehead atoms. The first-order chi connectivity index (χ1) is 7.60. The Balaban J connectivity index is 2.29. The van der Waals surface area contributed by atoms with Crippen molar-refractivity contribution >= 4 is 11.3 Å². The van der Waals surface area contributed by atoms with E-state index in [1.54, 1.807) is 5.57 Å². The van der Waals surface area contributed by atoms with E-state index >= 15 is 0 Å². The van der Waals surface area contributed by atoms with Crippen molar-refractivity contribution < 1.29 is 0 Å². The Hall–Kier alpha value is -1.50. The molecule has 0 aliphatic heterocycles. The lowest BCUT2D eigenvalue weighted by Crippen LogP contribution is -2.17. The lowest BCUT2D eigenvalue weighted by atomic mass is 9.78. The van der Waals surface area contributed by atoms with E-state index in [9.17, 15) is 0 Å². The van der Waals surface area contributed by atoms with Crippen LogP contribution in [0.5, 0.6) is 0 Å². The molecule has 2 aliphatic rings. The van der Waals surface area contributed by atoms with E-state index in [0.717, 1.165) is 5.69 Å². The molecule has 0 saturated heterocycles. The third-order valence-electron chi connectivity index (χ3n) is 3.93. The number of fused-ring (bicyclic) bond motifs is 2. The number of hydrogen-bond acceptors (Lipinski definition) is 1. The largest absolute Gasteiger partial charge is 0.399 e. The monoisotopic (exact) mass is 211 g/mol. The van der Waals surface area contributed by atoms with Crippen LogP contribution in [0.2, 0.25) is 0 Å². The van der Waals surface area contributed by atoms with Gasteiger partial charge in [-0.25, -0.2) is 0 Å². The van der Waals surface area contributed by atoms with Gasteiger partial charge in [-0.05, 0) is 41.7 Å². The smallest absolute Gasteiger partial charge is 0.0320 e. The van der Waals surface area contributed by atoms with Crippen LogP contribution in [0.15, 0.2) is 35.9 Å². The minimum atomic E-state index is 0.184. The Kier molecular flexibility index (Phi) is 1.82. The topological polar surface area (TPSA) is 26.0 Å². The van der Waals surface area contributed by atoms with Gasteiger partial charge in [-0.1, -0.05) is 37.6 Å². The van der Waals surface area contributed by atoms with Gasteiger partial charge in [0.25, 0.3) is 0 Å². The van der Waals surface area contributed by atoms with Gasteiger partial charge >= 0.3 is 0 Å². The molecule has 82 valence electrons. The van der Waals surface area contributed by atoms with Crippen LogP contribution in [0.3, 0.4) is 0 Å². The molecule has 0 aromatic heterocycles. The first kappa shape index (κ1) is 9.71. The quantitative estimate of drug-likeness (QED) is 0.651. The highest BCUT2D eigenvalue weighted by Gasteiger charge is 2.36. The molecule has 2 N–H and O–H groups in total. The van der Waals surface area contributed by atoms with Gasteiger partial charge in [0.1, 0.15) is 0 Å². The maximum Gasteiger partial charge on any atom is 0.0320 e. The SMILES string of the molecule is CC1(C)C2=C(C=CCC2)c2cc(N)ccc21. The second-order valence-corrected chi connectivity index (χ2v) is 5.26. The third kappa shape index (κ3) is 1.12. The highest BCUT2D eigenvalue weighted by molar-refractivity contribution is 5.87. The molecule has 1 aromatic carbocycles. The number of benzene rings is 1. The first-order valence-electron chi connectivity index (χ1n) is 5.91. The standard InChI is InChI=1S/C15H17N/c1-15(2)13-6-4-3-5-11(13)12-9-10(16)7-8-14(12)15/h3,5,7-9H,4,6,16H2,1-2H3. The number of hydrogen-bond donors (Lipinski definition) is 1. The Morgan fingerprint density at radius 3 is 2.88 bits per heavy atom. The van der Waals surface area contributed by atoms with Gasteiger partial charge in [-0.3, -0.25) is 0 Å². The molecule has 1 aromatic rings. The molecular weight excluding hydrogens is 194 g/mol. The molecule has 2 aliphatic carbocycles. The molecule has 0 unspecified atom stereocenters. The van der Waals surface area contributed by atoms with E-state index in [2.05, 4.69) is 38.1 Å². The minimum Gasteiger partial charge on any atom is -0.399 e. The van der Waals surface area contributed by atoms with Crippen molar-refractivity contribution in [3.8, 4) is 0 Å². The van der Waals surface area contributed by atoms with Gasteiger partial charge < -0.3 is 5.73 Å². The maximum absolute atomic E-state index is 5.89. The summed E-state index contributed by atoms with van der Waals surface area (Å²) in [5, 5.41) is 0. The zero-order chi connectivity index (χ0) is 11.3. The molecule has 0 amide bonds. The first-order valence-corrected chi connectivity index (χ1v) is 5.91. The number of rotatable bonds is 0. The second kappa shape index (κ2) is 3.00. The van der Waals surface area contributed by atoms with E-state index < -0.39 is 0 Å². The molecule has 16 heavy (non-hydrogen) atoms. The summed E-state index contributed by atoms with van der Waals surface area (Å²) in [5.41, 5.74) is 12.7. The number of anilines is 1. The molecule has 0 heterocycles. The highest BCUT2D eigenvalue weighted by Crippen LogP contribution is 2.50. The zero-order valence-corrected chi connectivity index (χ0v) is 9.88. The Morgan fingerprint density at radius 1 is 1.25 bits per heavy atom. The summed E-state index contributed by atoms with van der Waals surface area (Å²) in [6.07, 6.45) is 6.90. The summed E-state index contributed by atoms with van der Waals surface area (Å²) in [4.78, 5) is 0. The summed E-state index contributed by atoms with van der Waals surface area (Å²) in [6, 6.07) is 6.33. The average Bonchev–Trinajstić information content (AvgIpc) is 2.49. The van der Waals surface area contributed by atoms with Gasteiger partial charge in [0, 0.05) is 11.1 Å². The molecule has 0 radical (unpaired) electrons. The van der Waals surface area contributed by atoms with E-state index in [1.807, 2.05) is 6.07 Å². The lowest BCUT2D eigenvalue weighted by molar-refractivity contribution is 0.607. The van der Waals surface area contributed by atoms with Crippen molar-refractivity contribution in [2.45, 2.75) is 32.1 Å². The zero-order valence-electron chi connectivity index (χ0n) is 9.88. The highest BCUT2D eigenvalue weighted by atomic mass is 14.5. The minimum absolute atomic E-state index is 0.184. The fourth-order valence-corrected chi connectivity index (χ4v) is 3.06. The van der Waals surface area contributed by atoms with Crippen LogP contribution in [-0.2, 0) is 5.41 Å². The van der Waals surface area contributed by atoms with E-state index in [0.29, 0.717) is 0 Å². The molecule has 0 spiro atoms. The Bertz CT molecular complexity index is 518. The van der Waals surface area contributed by atoms with Crippen molar-refractivity contribution in [2.75, 3.05) is 5.73 Å². The molecular formula is C15H17N. The lowest BCUT2D eigenvalue weighted by Gasteiger charge is -2.25. The van der Waals surface area contributed by atoms with Crippen LogP contribution in [0, 0.1) is 0 Å². The molecule has 3 rings (SSSR count). The fraction of sp³-hybridized carbons (Fsp3) is 0.333. The predicted molar refractivity (Wildman–Crippen MR) is 69.2 cm³/mol. The number of nitrogens with two attached hydrogens (primary N) is 1. The summed E-state index contributed by atoms with van der Waals surface area (Å²) in [5.74, 6) is 0. The molecule has 0 saturated carbocycles. The normalized spacial score (nSPS) is 20.9.